The topological polar surface area (TPSA) is 21.3 Å². The number of ether oxygens (including phenoxy) is 1. The molecule has 2 rings (SSSR count). The van der Waals surface area contributed by atoms with Gasteiger partial charge in [0.05, 0.1) is 4.47 Å². The molecule has 1 N–H and O–H groups in total. The average molecular weight is 352 g/mol. The highest BCUT2D eigenvalue weighted by Crippen LogP contribution is 2.33. The van der Waals surface area contributed by atoms with Crippen LogP contribution in [-0.2, 0) is 0 Å². The molecule has 0 fully saturated rings. The second-order valence-corrected chi connectivity index (χ2v) is 5.81. The van der Waals surface area contributed by atoms with E-state index in [0.29, 0.717) is 11.3 Å². The molecule has 0 saturated carbocycles. The maximum atomic E-state index is 14.0. The minimum atomic E-state index is -0.325. The molecule has 2 aromatic rings. The van der Waals surface area contributed by atoms with Crippen LogP contribution < -0.4 is 10.1 Å². The van der Waals surface area contributed by atoms with Crippen molar-refractivity contribution >= 4 is 15.9 Å². The van der Waals surface area contributed by atoms with E-state index in [2.05, 4.69) is 35.1 Å². The highest BCUT2D eigenvalue weighted by molar-refractivity contribution is 9.10. The second-order valence-electron chi connectivity index (χ2n) is 4.96. The summed E-state index contributed by atoms with van der Waals surface area (Å²) in [5.74, 6) is 0.518. The van der Waals surface area contributed by atoms with Crippen molar-refractivity contribution in [3.05, 3.63) is 57.8 Å². The molecule has 0 saturated heterocycles. The zero-order valence-electron chi connectivity index (χ0n) is 12.4. The Morgan fingerprint density at radius 3 is 2.67 bits per heavy atom. The van der Waals surface area contributed by atoms with E-state index in [4.69, 9.17) is 4.74 Å². The van der Waals surface area contributed by atoms with Gasteiger partial charge in [0.1, 0.15) is 5.75 Å². The molecule has 0 amide bonds. The summed E-state index contributed by atoms with van der Waals surface area (Å²) in [4.78, 5) is 0. The van der Waals surface area contributed by atoms with Crippen LogP contribution in [0.1, 0.15) is 31.0 Å². The number of aryl methyl sites for hydroxylation is 1. The molecule has 2 aromatic carbocycles. The summed E-state index contributed by atoms with van der Waals surface area (Å²) in [6.45, 7) is 6.81. The lowest BCUT2D eigenvalue weighted by Gasteiger charge is -2.15. The first kappa shape index (κ1) is 16.0. The molecule has 0 aliphatic heterocycles. The van der Waals surface area contributed by atoms with Crippen molar-refractivity contribution in [1.29, 1.82) is 0 Å². The first-order valence-corrected chi connectivity index (χ1v) is 7.78. The van der Waals surface area contributed by atoms with E-state index in [1.54, 1.807) is 25.1 Å². The summed E-state index contributed by atoms with van der Waals surface area (Å²) in [7, 11) is 0. The fourth-order valence-electron chi connectivity index (χ4n) is 2.11. The molecule has 0 bridgehead atoms. The largest absolute Gasteiger partial charge is 0.453 e. The lowest BCUT2D eigenvalue weighted by Crippen LogP contribution is -2.17. The van der Waals surface area contributed by atoms with Crippen LogP contribution in [0.5, 0.6) is 11.5 Å². The summed E-state index contributed by atoms with van der Waals surface area (Å²) in [5, 5.41) is 3.35. The molecule has 2 nitrogen and oxygen atoms in total. The predicted molar refractivity (Wildman–Crippen MR) is 87.4 cm³/mol. The first-order valence-electron chi connectivity index (χ1n) is 6.98. The van der Waals surface area contributed by atoms with Gasteiger partial charge in [-0.25, -0.2) is 4.39 Å². The normalized spacial score (nSPS) is 12.2. The van der Waals surface area contributed by atoms with Crippen molar-refractivity contribution in [2.45, 2.75) is 26.8 Å². The third-order valence-electron chi connectivity index (χ3n) is 3.34. The number of nitrogens with one attached hydrogen (secondary N) is 1. The van der Waals surface area contributed by atoms with E-state index in [9.17, 15) is 4.39 Å². The third kappa shape index (κ3) is 3.83. The van der Waals surface area contributed by atoms with E-state index in [0.717, 1.165) is 16.6 Å². The van der Waals surface area contributed by atoms with E-state index in [1.807, 2.05) is 18.2 Å². The van der Waals surface area contributed by atoms with Crippen LogP contribution in [0.3, 0.4) is 0 Å². The SMILES string of the molecule is CCNC(C)c1ccc(Oc2cccc(C)c2F)c(Br)c1. The average Bonchev–Trinajstić information content (AvgIpc) is 2.46. The zero-order valence-corrected chi connectivity index (χ0v) is 14.0. The highest BCUT2D eigenvalue weighted by atomic mass is 79.9. The Labute approximate surface area is 133 Å². The Bertz CT molecular complexity index is 630. The molecule has 0 spiro atoms. The van der Waals surface area contributed by atoms with Crippen LogP contribution >= 0.6 is 15.9 Å². The highest BCUT2D eigenvalue weighted by Gasteiger charge is 2.11. The van der Waals surface area contributed by atoms with Crippen molar-refractivity contribution in [2.75, 3.05) is 6.54 Å². The molecule has 4 heteroatoms. The Morgan fingerprint density at radius 2 is 2.00 bits per heavy atom. The summed E-state index contributed by atoms with van der Waals surface area (Å²) in [6, 6.07) is 11.2. The Kier molecular flexibility index (Phi) is 5.37. The molecular formula is C17H19BrFNO. The molecule has 0 radical (unpaired) electrons. The molecule has 112 valence electrons. The lowest BCUT2D eigenvalue weighted by atomic mass is 10.1. The maximum absolute atomic E-state index is 14.0. The van der Waals surface area contributed by atoms with Gasteiger partial charge < -0.3 is 10.1 Å². The molecule has 0 aromatic heterocycles. The fourth-order valence-corrected chi connectivity index (χ4v) is 2.59. The summed E-state index contributed by atoms with van der Waals surface area (Å²) in [6.07, 6.45) is 0. The quantitative estimate of drug-likeness (QED) is 0.782. The molecule has 0 aliphatic rings. The van der Waals surface area contributed by atoms with Gasteiger partial charge in [-0.05, 0) is 65.6 Å². The number of benzene rings is 2. The molecular weight excluding hydrogens is 333 g/mol. The minimum absolute atomic E-state index is 0.239. The van der Waals surface area contributed by atoms with Gasteiger partial charge in [-0.2, -0.15) is 0 Å². The predicted octanol–water partition coefficient (Wildman–Crippen LogP) is 5.36. The Hall–Kier alpha value is -1.39. The van der Waals surface area contributed by atoms with Crippen molar-refractivity contribution in [1.82, 2.24) is 5.32 Å². The standard InChI is InChI=1S/C17H19BrFNO/c1-4-20-12(3)13-8-9-15(14(18)10-13)21-16-7-5-6-11(2)17(16)19/h5-10,12,20H,4H2,1-3H3. The molecule has 0 heterocycles. The van der Waals surface area contributed by atoms with Gasteiger partial charge in [-0.15, -0.1) is 0 Å². The zero-order chi connectivity index (χ0) is 15.4. The minimum Gasteiger partial charge on any atom is -0.453 e. The first-order chi connectivity index (χ1) is 10.0. The van der Waals surface area contributed by atoms with Gasteiger partial charge in [0.2, 0.25) is 0 Å². The van der Waals surface area contributed by atoms with E-state index in [1.165, 1.54) is 0 Å². The smallest absolute Gasteiger partial charge is 0.168 e. The van der Waals surface area contributed by atoms with Gasteiger partial charge in [0, 0.05) is 6.04 Å². The fraction of sp³-hybridized carbons (Fsp3) is 0.294. The van der Waals surface area contributed by atoms with Gasteiger partial charge in [0.15, 0.2) is 11.6 Å². The van der Waals surface area contributed by atoms with Crippen molar-refractivity contribution in [2.24, 2.45) is 0 Å². The van der Waals surface area contributed by atoms with Crippen LogP contribution in [0.2, 0.25) is 0 Å². The van der Waals surface area contributed by atoms with Gasteiger partial charge in [-0.1, -0.05) is 25.1 Å². The molecule has 1 atom stereocenters. The van der Waals surface area contributed by atoms with E-state index < -0.39 is 0 Å². The summed E-state index contributed by atoms with van der Waals surface area (Å²) in [5.41, 5.74) is 1.72. The number of hydrogen-bond donors (Lipinski definition) is 1. The maximum Gasteiger partial charge on any atom is 0.168 e. The van der Waals surface area contributed by atoms with Gasteiger partial charge in [0.25, 0.3) is 0 Å². The second kappa shape index (κ2) is 7.05. The van der Waals surface area contributed by atoms with Crippen LogP contribution in [0.15, 0.2) is 40.9 Å². The van der Waals surface area contributed by atoms with Crippen molar-refractivity contribution in [3.8, 4) is 11.5 Å². The Morgan fingerprint density at radius 1 is 1.24 bits per heavy atom. The van der Waals surface area contributed by atoms with Crippen molar-refractivity contribution in [3.63, 3.8) is 0 Å². The monoisotopic (exact) mass is 351 g/mol. The summed E-state index contributed by atoms with van der Waals surface area (Å²) < 4.78 is 20.5. The Balaban J connectivity index is 2.23. The molecule has 1 unspecified atom stereocenters. The van der Waals surface area contributed by atoms with Crippen molar-refractivity contribution < 1.29 is 9.13 Å². The molecule has 0 aliphatic carbocycles. The number of rotatable bonds is 5. The molecule has 21 heavy (non-hydrogen) atoms. The van der Waals surface area contributed by atoms with Crippen LogP contribution in [-0.4, -0.2) is 6.54 Å². The summed E-state index contributed by atoms with van der Waals surface area (Å²) >= 11 is 3.49. The van der Waals surface area contributed by atoms with E-state index in [-0.39, 0.29) is 17.6 Å². The van der Waals surface area contributed by atoms with Crippen LogP contribution in [0, 0.1) is 12.7 Å². The van der Waals surface area contributed by atoms with Gasteiger partial charge in [-0.3, -0.25) is 0 Å². The van der Waals surface area contributed by atoms with Crippen LogP contribution in [0.25, 0.3) is 0 Å². The third-order valence-corrected chi connectivity index (χ3v) is 3.96. The number of halogens is 2. The van der Waals surface area contributed by atoms with Gasteiger partial charge >= 0.3 is 0 Å². The number of hydrogen-bond acceptors (Lipinski definition) is 2. The lowest BCUT2D eigenvalue weighted by molar-refractivity contribution is 0.437. The van der Waals surface area contributed by atoms with E-state index >= 15 is 0 Å². The van der Waals surface area contributed by atoms with Crippen LogP contribution in [0.4, 0.5) is 4.39 Å².